The van der Waals surface area contributed by atoms with Crippen LogP contribution in [0.25, 0.3) is 21.5 Å². The summed E-state index contributed by atoms with van der Waals surface area (Å²) in [7, 11) is 0. The molecule has 0 spiro atoms. The second-order valence-electron chi connectivity index (χ2n) is 6.51. The number of rotatable bonds is 7. The molecule has 0 saturated heterocycles. The van der Waals surface area contributed by atoms with Crippen LogP contribution in [-0.4, -0.2) is 17.1 Å². The van der Waals surface area contributed by atoms with Gasteiger partial charge in [-0.25, -0.2) is 0 Å². The lowest BCUT2D eigenvalue weighted by Gasteiger charge is -2.11. The first-order valence-electron chi connectivity index (χ1n) is 9.35. The fourth-order valence-electron chi connectivity index (χ4n) is 3.28. The molecule has 0 bridgehead atoms. The van der Waals surface area contributed by atoms with Crippen molar-refractivity contribution in [3.05, 3.63) is 77.7 Å². The van der Waals surface area contributed by atoms with Gasteiger partial charge in [0.15, 0.2) is 0 Å². The van der Waals surface area contributed by atoms with E-state index in [4.69, 9.17) is 4.74 Å². The van der Waals surface area contributed by atoms with Gasteiger partial charge in [-0.2, -0.15) is 0 Å². The molecule has 4 aromatic rings. The maximum Gasteiger partial charge on any atom is 0.240 e. The van der Waals surface area contributed by atoms with Crippen LogP contribution < -0.4 is 10.1 Å². The van der Waals surface area contributed by atoms with Crippen LogP contribution in [0.2, 0.25) is 0 Å². The number of nitrogens with zero attached hydrogens (tertiary/aromatic N) is 1. The molecule has 0 fully saturated rings. The Hall–Kier alpha value is -3.05. The van der Waals surface area contributed by atoms with Gasteiger partial charge in [0.25, 0.3) is 0 Å². The van der Waals surface area contributed by atoms with Gasteiger partial charge in [-0.05, 0) is 48.2 Å². The average Bonchev–Trinajstić information content (AvgIpc) is 3.36. The zero-order valence-corrected chi connectivity index (χ0v) is 16.5. The molecule has 142 valence electrons. The summed E-state index contributed by atoms with van der Waals surface area (Å²) < 4.78 is 7.55. The fraction of sp³-hybridized carbons (Fsp3) is 0.174. The van der Waals surface area contributed by atoms with Crippen LogP contribution in [0.3, 0.4) is 0 Å². The van der Waals surface area contributed by atoms with Gasteiger partial charge < -0.3 is 14.6 Å². The molecule has 0 unspecified atom stereocenters. The summed E-state index contributed by atoms with van der Waals surface area (Å²) >= 11 is 1.68. The van der Waals surface area contributed by atoms with Crippen molar-refractivity contribution in [1.29, 1.82) is 0 Å². The Morgan fingerprint density at radius 1 is 1.07 bits per heavy atom. The SMILES string of the molecule is CCOc1ccc(CNC(=O)Cn2c(-c3cccs3)cc3ccccc32)cc1. The number of carbonyl (C=O) groups is 1. The number of aromatic nitrogens is 1. The van der Waals surface area contributed by atoms with E-state index < -0.39 is 0 Å². The van der Waals surface area contributed by atoms with Gasteiger partial charge in [-0.15, -0.1) is 11.3 Å². The van der Waals surface area contributed by atoms with Crippen molar-refractivity contribution in [2.75, 3.05) is 6.61 Å². The third-order valence-electron chi connectivity index (χ3n) is 4.61. The first-order valence-corrected chi connectivity index (χ1v) is 10.2. The minimum atomic E-state index is -0.00644. The second-order valence-corrected chi connectivity index (χ2v) is 7.45. The molecule has 0 aliphatic heterocycles. The minimum absolute atomic E-state index is 0.00644. The van der Waals surface area contributed by atoms with Crippen molar-refractivity contribution in [1.82, 2.24) is 9.88 Å². The summed E-state index contributed by atoms with van der Waals surface area (Å²) in [5, 5.41) is 6.23. The van der Waals surface area contributed by atoms with Crippen molar-refractivity contribution < 1.29 is 9.53 Å². The van der Waals surface area contributed by atoms with E-state index in [1.54, 1.807) is 11.3 Å². The third-order valence-corrected chi connectivity index (χ3v) is 5.50. The molecule has 2 heterocycles. The van der Waals surface area contributed by atoms with Crippen molar-refractivity contribution in [3.8, 4) is 16.3 Å². The number of fused-ring (bicyclic) bond motifs is 1. The fourth-order valence-corrected chi connectivity index (χ4v) is 4.03. The van der Waals surface area contributed by atoms with Gasteiger partial charge >= 0.3 is 0 Å². The average molecular weight is 391 g/mol. The second kappa shape index (κ2) is 8.31. The van der Waals surface area contributed by atoms with Gasteiger partial charge in [0, 0.05) is 17.4 Å². The van der Waals surface area contributed by atoms with Gasteiger partial charge in [0.2, 0.25) is 5.91 Å². The largest absolute Gasteiger partial charge is 0.494 e. The Labute approximate surface area is 168 Å². The Morgan fingerprint density at radius 3 is 2.64 bits per heavy atom. The topological polar surface area (TPSA) is 43.3 Å². The Balaban J connectivity index is 1.50. The monoisotopic (exact) mass is 390 g/mol. The molecule has 0 atom stereocenters. The number of nitrogens with one attached hydrogen (secondary N) is 1. The van der Waals surface area contributed by atoms with Crippen LogP contribution in [0.4, 0.5) is 0 Å². The lowest BCUT2D eigenvalue weighted by Crippen LogP contribution is -2.27. The normalized spacial score (nSPS) is 10.9. The first-order chi connectivity index (χ1) is 13.7. The highest BCUT2D eigenvalue weighted by molar-refractivity contribution is 7.13. The molecule has 5 heteroatoms. The molecular weight excluding hydrogens is 368 g/mol. The standard InChI is InChI=1S/C23H22N2O2S/c1-2-27-19-11-9-17(10-12-19)15-24-23(26)16-25-20-7-4-3-6-18(20)14-21(25)22-8-5-13-28-22/h3-14H,2,15-16H2,1H3,(H,24,26). The molecule has 0 aliphatic rings. The number of hydrogen-bond donors (Lipinski definition) is 1. The minimum Gasteiger partial charge on any atom is -0.494 e. The Morgan fingerprint density at radius 2 is 1.89 bits per heavy atom. The van der Waals surface area contributed by atoms with Crippen LogP contribution in [0, 0.1) is 0 Å². The molecule has 1 amide bonds. The lowest BCUT2D eigenvalue weighted by molar-refractivity contribution is -0.121. The molecule has 1 N–H and O–H groups in total. The summed E-state index contributed by atoms with van der Waals surface area (Å²) in [6.45, 7) is 3.40. The van der Waals surface area contributed by atoms with Gasteiger partial charge in [0.05, 0.1) is 17.2 Å². The smallest absolute Gasteiger partial charge is 0.240 e. The summed E-state index contributed by atoms with van der Waals surface area (Å²) in [5.74, 6) is 0.838. The lowest BCUT2D eigenvalue weighted by atomic mass is 10.2. The molecule has 28 heavy (non-hydrogen) atoms. The predicted molar refractivity (Wildman–Crippen MR) is 115 cm³/mol. The maximum absolute atomic E-state index is 12.7. The van der Waals surface area contributed by atoms with Gasteiger partial charge in [0.1, 0.15) is 12.3 Å². The van der Waals surface area contributed by atoms with E-state index >= 15 is 0 Å². The van der Waals surface area contributed by atoms with E-state index in [9.17, 15) is 4.79 Å². The zero-order chi connectivity index (χ0) is 19.3. The highest BCUT2D eigenvalue weighted by Crippen LogP contribution is 2.31. The molecule has 4 nitrogen and oxygen atoms in total. The van der Waals surface area contributed by atoms with E-state index in [0.717, 1.165) is 32.8 Å². The van der Waals surface area contributed by atoms with Gasteiger partial charge in [-0.1, -0.05) is 36.4 Å². The highest BCUT2D eigenvalue weighted by atomic mass is 32.1. The zero-order valence-electron chi connectivity index (χ0n) is 15.7. The van der Waals surface area contributed by atoms with E-state index in [1.807, 2.05) is 49.4 Å². The number of para-hydroxylation sites is 1. The highest BCUT2D eigenvalue weighted by Gasteiger charge is 2.14. The van der Waals surface area contributed by atoms with Crippen LogP contribution in [0.1, 0.15) is 12.5 Å². The van der Waals surface area contributed by atoms with Crippen molar-refractivity contribution in [2.24, 2.45) is 0 Å². The molecule has 0 radical (unpaired) electrons. The van der Waals surface area contributed by atoms with Crippen molar-refractivity contribution in [3.63, 3.8) is 0 Å². The molecule has 2 aromatic heterocycles. The van der Waals surface area contributed by atoms with Gasteiger partial charge in [-0.3, -0.25) is 4.79 Å². The quantitative estimate of drug-likeness (QED) is 0.478. The number of carbonyl (C=O) groups excluding carboxylic acids is 1. The van der Waals surface area contributed by atoms with E-state index in [0.29, 0.717) is 13.2 Å². The number of benzene rings is 2. The number of thiophene rings is 1. The van der Waals surface area contributed by atoms with Crippen molar-refractivity contribution >= 4 is 28.1 Å². The number of ether oxygens (including phenoxy) is 1. The third kappa shape index (κ3) is 3.94. The van der Waals surface area contributed by atoms with E-state index in [1.165, 1.54) is 0 Å². The van der Waals surface area contributed by atoms with Crippen LogP contribution in [0.15, 0.2) is 72.1 Å². The number of hydrogen-bond acceptors (Lipinski definition) is 3. The van der Waals surface area contributed by atoms with E-state index in [-0.39, 0.29) is 12.5 Å². The molecule has 4 rings (SSSR count). The maximum atomic E-state index is 12.7. The summed E-state index contributed by atoms with van der Waals surface area (Å²) in [4.78, 5) is 13.8. The van der Waals surface area contributed by atoms with E-state index in [2.05, 4.69) is 39.5 Å². The van der Waals surface area contributed by atoms with Crippen molar-refractivity contribution in [2.45, 2.75) is 20.0 Å². The van der Waals surface area contributed by atoms with Crippen LogP contribution >= 0.6 is 11.3 Å². The first kappa shape index (κ1) is 18.3. The summed E-state index contributed by atoms with van der Waals surface area (Å²) in [6, 6.07) is 22.3. The number of amides is 1. The molecule has 0 aliphatic carbocycles. The Kier molecular flexibility index (Phi) is 5.44. The molecule has 2 aromatic carbocycles. The molecular formula is C23H22N2O2S. The van der Waals surface area contributed by atoms with Crippen LogP contribution in [0.5, 0.6) is 5.75 Å². The predicted octanol–water partition coefficient (Wildman–Crippen LogP) is 5.08. The summed E-state index contributed by atoms with van der Waals surface area (Å²) in [6.07, 6.45) is 0. The summed E-state index contributed by atoms with van der Waals surface area (Å²) in [5.41, 5.74) is 3.20. The molecule has 0 saturated carbocycles. The Bertz CT molecular complexity index is 1070. The van der Waals surface area contributed by atoms with Crippen LogP contribution in [-0.2, 0) is 17.9 Å².